The van der Waals surface area contributed by atoms with Crippen LogP contribution in [0.1, 0.15) is 50.7 Å². The van der Waals surface area contributed by atoms with Crippen molar-refractivity contribution in [1.82, 2.24) is 5.32 Å². The van der Waals surface area contributed by atoms with Crippen LogP contribution in [0.3, 0.4) is 0 Å². The van der Waals surface area contributed by atoms with Crippen LogP contribution in [0.4, 0.5) is 0 Å². The third-order valence-corrected chi connectivity index (χ3v) is 4.01. The van der Waals surface area contributed by atoms with Gasteiger partial charge in [-0.2, -0.15) is 0 Å². The van der Waals surface area contributed by atoms with Crippen LogP contribution < -0.4 is 5.32 Å². The molecule has 0 bridgehead atoms. The number of hydrogen-bond donors (Lipinski definition) is 2. The molecule has 1 aromatic rings. The second-order valence-corrected chi connectivity index (χ2v) is 6.09. The smallest absolute Gasteiger partial charge is 0.0652 e. The lowest BCUT2D eigenvalue weighted by atomic mass is 9.90. The summed E-state index contributed by atoms with van der Waals surface area (Å²) in [6.45, 7) is 7.64. The number of rotatable bonds is 6. The Hall–Kier alpha value is -0.860. The van der Waals surface area contributed by atoms with E-state index in [2.05, 4.69) is 50.4 Å². The van der Waals surface area contributed by atoms with Crippen molar-refractivity contribution in [3.63, 3.8) is 0 Å². The normalized spacial score (nSPS) is 18.9. The Bertz CT molecular complexity index is 381. The highest BCUT2D eigenvalue weighted by Gasteiger charge is 2.29. The Morgan fingerprint density at radius 2 is 1.89 bits per heavy atom. The van der Waals surface area contributed by atoms with E-state index in [1.165, 1.54) is 24.0 Å². The highest BCUT2D eigenvalue weighted by molar-refractivity contribution is 5.29. The lowest BCUT2D eigenvalue weighted by Crippen LogP contribution is -2.43. The zero-order chi connectivity index (χ0) is 13.2. The van der Waals surface area contributed by atoms with Crippen LogP contribution in [0.2, 0.25) is 0 Å². The summed E-state index contributed by atoms with van der Waals surface area (Å²) >= 11 is 0. The van der Waals surface area contributed by atoms with Gasteiger partial charge in [-0.05, 0) is 49.3 Å². The molecule has 0 radical (unpaired) electrons. The molecule has 100 valence electrons. The SMILES string of the molecule is CC(C)c1ccc(C(C)(CO)NCC2CC2)cc1. The van der Waals surface area contributed by atoms with Gasteiger partial charge < -0.3 is 10.4 Å². The van der Waals surface area contributed by atoms with Crippen LogP contribution in [0.5, 0.6) is 0 Å². The summed E-state index contributed by atoms with van der Waals surface area (Å²) in [7, 11) is 0. The molecule has 1 aromatic carbocycles. The topological polar surface area (TPSA) is 32.3 Å². The van der Waals surface area contributed by atoms with Gasteiger partial charge in [-0.25, -0.2) is 0 Å². The molecule has 0 amide bonds. The molecule has 1 atom stereocenters. The van der Waals surface area contributed by atoms with Gasteiger partial charge in [0.05, 0.1) is 12.1 Å². The Labute approximate surface area is 110 Å². The molecule has 0 spiro atoms. The number of benzene rings is 1. The van der Waals surface area contributed by atoms with E-state index in [1.807, 2.05) is 0 Å². The summed E-state index contributed by atoms with van der Waals surface area (Å²) < 4.78 is 0. The van der Waals surface area contributed by atoms with Gasteiger partial charge in [-0.1, -0.05) is 38.1 Å². The highest BCUT2D eigenvalue weighted by atomic mass is 16.3. The Kier molecular flexibility index (Phi) is 4.08. The van der Waals surface area contributed by atoms with E-state index in [0.29, 0.717) is 5.92 Å². The van der Waals surface area contributed by atoms with E-state index in [9.17, 15) is 5.11 Å². The minimum Gasteiger partial charge on any atom is -0.394 e. The Morgan fingerprint density at radius 3 is 2.33 bits per heavy atom. The maximum Gasteiger partial charge on any atom is 0.0652 e. The van der Waals surface area contributed by atoms with Crippen molar-refractivity contribution in [2.24, 2.45) is 5.92 Å². The fourth-order valence-corrected chi connectivity index (χ4v) is 2.18. The van der Waals surface area contributed by atoms with Crippen LogP contribution in [0, 0.1) is 5.92 Å². The van der Waals surface area contributed by atoms with E-state index in [-0.39, 0.29) is 12.1 Å². The molecule has 0 aliphatic heterocycles. The summed E-state index contributed by atoms with van der Waals surface area (Å²) in [6.07, 6.45) is 2.67. The van der Waals surface area contributed by atoms with Gasteiger partial charge in [0.15, 0.2) is 0 Å². The minimum atomic E-state index is -0.307. The van der Waals surface area contributed by atoms with Crippen molar-refractivity contribution in [2.45, 2.75) is 45.1 Å². The average molecular weight is 247 g/mol. The molecule has 1 aliphatic rings. The molecular formula is C16H25NO. The number of aliphatic hydroxyl groups excluding tert-OH is 1. The molecule has 0 heterocycles. The van der Waals surface area contributed by atoms with Crippen LogP contribution in [-0.2, 0) is 5.54 Å². The molecule has 0 saturated heterocycles. The zero-order valence-electron chi connectivity index (χ0n) is 11.7. The summed E-state index contributed by atoms with van der Waals surface area (Å²) in [5, 5.41) is 13.2. The molecule has 1 aliphatic carbocycles. The number of aliphatic hydroxyl groups is 1. The van der Waals surface area contributed by atoms with Gasteiger partial charge in [0, 0.05) is 0 Å². The number of nitrogens with one attached hydrogen (secondary N) is 1. The van der Waals surface area contributed by atoms with Crippen molar-refractivity contribution in [3.8, 4) is 0 Å². The Balaban J connectivity index is 2.09. The molecule has 0 aromatic heterocycles. The van der Waals surface area contributed by atoms with E-state index in [1.54, 1.807) is 0 Å². The lowest BCUT2D eigenvalue weighted by molar-refractivity contribution is 0.174. The molecule has 2 heteroatoms. The van der Waals surface area contributed by atoms with Gasteiger partial charge in [0.25, 0.3) is 0 Å². The number of hydrogen-bond acceptors (Lipinski definition) is 2. The molecule has 1 fully saturated rings. The summed E-state index contributed by atoms with van der Waals surface area (Å²) in [5.74, 6) is 1.38. The Morgan fingerprint density at radius 1 is 1.28 bits per heavy atom. The van der Waals surface area contributed by atoms with Gasteiger partial charge in [0.1, 0.15) is 0 Å². The van der Waals surface area contributed by atoms with E-state index < -0.39 is 0 Å². The monoisotopic (exact) mass is 247 g/mol. The highest BCUT2D eigenvalue weighted by Crippen LogP contribution is 2.30. The lowest BCUT2D eigenvalue weighted by Gasteiger charge is -2.30. The summed E-state index contributed by atoms with van der Waals surface area (Å²) in [6, 6.07) is 8.64. The average Bonchev–Trinajstić information content (AvgIpc) is 3.20. The van der Waals surface area contributed by atoms with Crippen molar-refractivity contribution in [1.29, 1.82) is 0 Å². The zero-order valence-corrected chi connectivity index (χ0v) is 11.7. The van der Waals surface area contributed by atoms with Crippen LogP contribution in [0.25, 0.3) is 0 Å². The van der Waals surface area contributed by atoms with E-state index in [0.717, 1.165) is 12.5 Å². The molecule has 2 rings (SSSR count). The fourth-order valence-electron chi connectivity index (χ4n) is 2.18. The third kappa shape index (κ3) is 3.12. The van der Waals surface area contributed by atoms with E-state index in [4.69, 9.17) is 0 Å². The molecular weight excluding hydrogens is 222 g/mol. The standard InChI is InChI=1S/C16H25NO/c1-12(2)14-6-8-15(9-7-14)16(3,11-18)17-10-13-4-5-13/h6-9,12-13,17-18H,4-5,10-11H2,1-3H3. The first-order valence-corrected chi connectivity index (χ1v) is 7.01. The van der Waals surface area contributed by atoms with Crippen molar-refractivity contribution >= 4 is 0 Å². The van der Waals surface area contributed by atoms with Crippen LogP contribution in [-0.4, -0.2) is 18.3 Å². The fraction of sp³-hybridized carbons (Fsp3) is 0.625. The molecule has 1 unspecified atom stereocenters. The largest absolute Gasteiger partial charge is 0.394 e. The molecule has 18 heavy (non-hydrogen) atoms. The van der Waals surface area contributed by atoms with Crippen LogP contribution in [0.15, 0.2) is 24.3 Å². The molecule has 1 saturated carbocycles. The van der Waals surface area contributed by atoms with Crippen molar-refractivity contribution in [3.05, 3.63) is 35.4 Å². The van der Waals surface area contributed by atoms with Gasteiger partial charge in [0.2, 0.25) is 0 Å². The first-order valence-electron chi connectivity index (χ1n) is 7.01. The first-order chi connectivity index (χ1) is 8.55. The van der Waals surface area contributed by atoms with Crippen molar-refractivity contribution < 1.29 is 5.11 Å². The second kappa shape index (κ2) is 5.41. The predicted octanol–water partition coefficient (Wildman–Crippen LogP) is 3.02. The second-order valence-electron chi connectivity index (χ2n) is 6.09. The molecule has 2 N–H and O–H groups in total. The first kappa shape index (κ1) is 13.6. The van der Waals surface area contributed by atoms with Gasteiger partial charge in [-0.15, -0.1) is 0 Å². The summed E-state index contributed by atoms with van der Waals surface area (Å²) in [4.78, 5) is 0. The maximum atomic E-state index is 9.69. The van der Waals surface area contributed by atoms with E-state index >= 15 is 0 Å². The predicted molar refractivity (Wildman–Crippen MR) is 75.7 cm³/mol. The third-order valence-electron chi connectivity index (χ3n) is 4.01. The van der Waals surface area contributed by atoms with Gasteiger partial charge >= 0.3 is 0 Å². The summed E-state index contributed by atoms with van der Waals surface area (Å²) in [5.41, 5.74) is 2.22. The van der Waals surface area contributed by atoms with Crippen molar-refractivity contribution in [2.75, 3.05) is 13.2 Å². The maximum absolute atomic E-state index is 9.69. The van der Waals surface area contributed by atoms with Crippen LogP contribution >= 0.6 is 0 Å². The molecule has 2 nitrogen and oxygen atoms in total. The quantitative estimate of drug-likeness (QED) is 0.810. The van der Waals surface area contributed by atoms with Gasteiger partial charge in [-0.3, -0.25) is 0 Å². The minimum absolute atomic E-state index is 0.140.